The lowest BCUT2D eigenvalue weighted by molar-refractivity contribution is -0.274. The average molecular weight is 432 g/mol. The number of sulfonamides is 1. The second-order valence-corrected chi connectivity index (χ2v) is 7.66. The Balaban J connectivity index is 0.00000364. The Morgan fingerprint density at radius 2 is 1.93 bits per heavy atom. The first kappa shape index (κ1) is 23.5. The van der Waals surface area contributed by atoms with Gasteiger partial charge in [-0.1, -0.05) is 0 Å². The lowest BCUT2D eigenvalue weighted by Crippen LogP contribution is -2.39. The highest BCUT2D eigenvalue weighted by Gasteiger charge is 2.31. The number of likely N-dealkylation sites (tertiary alicyclic amines) is 1. The molecule has 1 heterocycles. The number of nitrogens with zero attached hydrogens (tertiary/aromatic N) is 1. The molecule has 1 atom stereocenters. The van der Waals surface area contributed by atoms with Crippen molar-refractivity contribution in [1.82, 2.24) is 14.9 Å². The van der Waals surface area contributed by atoms with Gasteiger partial charge in [0.25, 0.3) is 0 Å². The van der Waals surface area contributed by atoms with Crippen molar-refractivity contribution in [1.29, 1.82) is 0 Å². The third-order valence-electron chi connectivity index (χ3n) is 3.91. The van der Waals surface area contributed by atoms with Crippen LogP contribution in [0.15, 0.2) is 29.2 Å². The van der Waals surface area contributed by atoms with Crippen molar-refractivity contribution >= 4 is 28.3 Å². The second kappa shape index (κ2) is 9.58. The molecule has 27 heavy (non-hydrogen) atoms. The van der Waals surface area contributed by atoms with E-state index in [4.69, 9.17) is 0 Å². The molecule has 1 saturated heterocycles. The third-order valence-corrected chi connectivity index (χ3v) is 5.33. The molecule has 0 spiro atoms. The molecule has 0 aromatic heterocycles. The predicted octanol–water partition coefficient (Wildman–Crippen LogP) is 1.35. The van der Waals surface area contributed by atoms with Gasteiger partial charge in [0, 0.05) is 13.1 Å². The van der Waals surface area contributed by atoms with Crippen LogP contribution in [0.3, 0.4) is 0 Å². The van der Waals surface area contributed by atoms with Crippen LogP contribution in [0.2, 0.25) is 0 Å². The van der Waals surface area contributed by atoms with Crippen molar-refractivity contribution in [3.63, 3.8) is 0 Å². The first-order valence-corrected chi connectivity index (χ1v) is 9.37. The summed E-state index contributed by atoms with van der Waals surface area (Å²) >= 11 is 0. The first-order valence-electron chi connectivity index (χ1n) is 7.88. The summed E-state index contributed by atoms with van der Waals surface area (Å²) in [5.74, 6) is -0.536. The summed E-state index contributed by atoms with van der Waals surface area (Å²) in [5.41, 5.74) is 0. The minimum atomic E-state index is -4.86. The molecule has 1 aromatic rings. The van der Waals surface area contributed by atoms with E-state index in [0.717, 1.165) is 37.2 Å². The van der Waals surface area contributed by atoms with Crippen molar-refractivity contribution in [2.45, 2.75) is 17.7 Å². The zero-order valence-electron chi connectivity index (χ0n) is 14.5. The number of ether oxygens (including phenoxy) is 1. The Morgan fingerprint density at radius 1 is 1.30 bits per heavy atom. The van der Waals surface area contributed by atoms with Crippen LogP contribution in [0.5, 0.6) is 5.75 Å². The molecule has 0 radical (unpaired) electrons. The lowest BCUT2D eigenvalue weighted by atomic mass is 10.1. The van der Waals surface area contributed by atoms with Gasteiger partial charge in [0.1, 0.15) is 5.75 Å². The van der Waals surface area contributed by atoms with Crippen molar-refractivity contribution in [3.05, 3.63) is 24.3 Å². The standard InChI is InChI=1S/C15H20F3N3O4S.ClH/c1-19-8-11-6-7-21(10-11)14(22)9-20-26(23,24)13-4-2-12(3-5-13)25-15(16,17)18;/h2-5,11,19-20H,6-10H2,1H3;1H. The molecule has 1 unspecified atom stereocenters. The number of carbonyl (C=O) groups is 1. The van der Waals surface area contributed by atoms with E-state index in [1.54, 1.807) is 4.90 Å². The van der Waals surface area contributed by atoms with Gasteiger partial charge in [0.2, 0.25) is 15.9 Å². The summed E-state index contributed by atoms with van der Waals surface area (Å²) in [7, 11) is -2.19. The largest absolute Gasteiger partial charge is 0.573 e. The number of nitrogens with one attached hydrogen (secondary N) is 2. The van der Waals surface area contributed by atoms with Crippen LogP contribution >= 0.6 is 12.4 Å². The van der Waals surface area contributed by atoms with Gasteiger partial charge in [-0.15, -0.1) is 25.6 Å². The molecule has 2 rings (SSSR count). The molecule has 0 saturated carbocycles. The van der Waals surface area contributed by atoms with E-state index >= 15 is 0 Å². The fourth-order valence-corrected chi connectivity index (χ4v) is 3.66. The molecule has 1 aliphatic heterocycles. The SMILES string of the molecule is CNCC1CCN(C(=O)CNS(=O)(=O)c2ccc(OC(F)(F)F)cc2)C1.Cl. The van der Waals surface area contributed by atoms with E-state index < -0.39 is 28.7 Å². The van der Waals surface area contributed by atoms with Gasteiger partial charge in [-0.25, -0.2) is 13.1 Å². The molecule has 12 heteroatoms. The predicted molar refractivity (Wildman–Crippen MR) is 94.2 cm³/mol. The smallest absolute Gasteiger partial charge is 0.406 e. The van der Waals surface area contributed by atoms with Crippen molar-refractivity contribution in [2.24, 2.45) is 5.92 Å². The molecular formula is C15H21ClF3N3O4S. The minimum absolute atomic E-state index is 0. The lowest BCUT2D eigenvalue weighted by Gasteiger charge is -2.17. The van der Waals surface area contributed by atoms with Gasteiger partial charge in [0.15, 0.2) is 0 Å². The molecular weight excluding hydrogens is 411 g/mol. The topological polar surface area (TPSA) is 87.7 Å². The Hall–Kier alpha value is -1.56. The number of alkyl halides is 3. The molecule has 1 fully saturated rings. The van der Waals surface area contributed by atoms with Gasteiger partial charge in [-0.05, 0) is 50.2 Å². The van der Waals surface area contributed by atoms with E-state index in [2.05, 4.69) is 14.8 Å². The molecule has 1 aromatic carbocycles. The normalized spacial score (nSPS) is 17.5. The van der Waals surface area contributed by atoms with Gasteiger partial charge in [0.05, 0.1) is 11.4 Å². The maximum absolute atomic E-state index is 12.2. The summed E-state index contributed by atoms with van der Waals surface area (Å²) < 4.78 is 66.5. The van der Waals surface area contributed by atoms with Crippen LogP contribution in [0, 0.1) is 5.92 Å². The summed E-state index contributed by atoms with van der Waals surface area (Å²) in [6.07, 6.45) is -4.01. The highest BCUT2D eigenvalue weighted by molar-refractivity contribution is 7.89. The number of hydrogen-bond acceptors (Lipinski definition) is 5. The van der Waals surface area contributed by atoms with Crippen LogP contribution in [0.25, 0.3) is 0 Å². The summed E-state index contributed by atoms with van der Waals surface area (Å²) in [6, 6.07) is 3.75. The number of carbonyl (C=O) groups excluding carboxylic acids is 1. The van der Waals surface area contributed by atoms with E-state index in [9.17, 15) is 26.4 Å². The van der Waals surface area contributed by atoms with Gasteiger partial charge in [-0.3, -0.25) is 4.79 Å². The zero-order chi connectivity index (χ0) is 19.4. The molecule has 0 bridgehead atoms. The second-order valence-electron chi connectivity index (χ2n) is 5.90. The van der Waals surface area contributed by atoms with Crippen molar-refractivity contribution in [3.8, 4) is 5.75 Å². The number of hydrogen-bond donors (Lipinski definition) is 2. The number of amides is 1. The molecule has 1 amide bonds. The van der Waals surface area contributed by atoms with E-state index in [0.29, 0.717) is 19.0 Å². The zero-order valence-corrected chi connectivity index (χ0v) is 16.1. The summed E-state index contributed by atoms with van der Waals surface area (Å²) in [6.45, 7) is 1.50. The molecule has 2 N–H and O–H groups in total. The highest BCUT2D eigenvalue weighted by atomic mass is 35.5. The van der Waals surface area contributed by atoms with Crippen LogP contribution < -0.4 is 14.8 Å². The monoisotopic (exact) mass is 431 g/mol. The Bertz CT molecular complexity index is 729. The van der Waals surface area contributed by atoms with E-state index in [-0.39, 0.29) is 23.2 Å². The maximum atomic E-state index is 12.2. The van der Waals surface area contributed by atoms with Gasteiger partial charge in [-0.2, -0.15) is 0 Å². The van der Waals surface area contributed by atoms with E-state index in [1.807, 2.05) is 7.05 Å². The van der Waals surface area contributed by atoms with Gasteiger partial charge < -0.3 is 15.0 Å². The maximum Gasteiger partial charge on any atom is 0.573 e. The molecule has 154 valence electrons. The van der Waals surface area contributed by atoms with Crippen LogP contribution in [0.4, 0.5) is 13.2 Å². The highest BCUT2D eigenvalue weighted by Crippen LogP contribution is 2.23. The molecule has 1 aliphatic rings. The molecule has 7 nitrogen and oxygen atoms in total. The average Bonchev–Trinajstić information content (AvgIpc) is 3.01. The van der Waals surface area contributed by atoms with E-state index in [1.165, 1.54) is 0 Å². The Morgan fingerprint density at radius 3 is 2.48 bits per heavy atom. The summed E-state index contributed by atoms with van der Waals surface area (Å²) in [5, 5.41) is 3.04. The fraction of sp³-hybridized carbons (Fsp3) is 0.533. The van der Waals surface area contributed by atoms with Crippen LogP contribution in [0.1, 0.15) is 6.42 Å². The number of benzene rings is 1. The minimum Gasteiger partial charge on any atom is -0.406 e. The van der Waals surface area contributed by atoms with Crippen molar-refractivity contribution < 1.29 is 31.1 Å². The Kier molecular flexibility index (Phi) is 8.33. The quantitative estimate of drug-likeness (QED) is 0.680. The Labute approximate surface area is 161 Å². The van der Waals surface area contributed by atoms with Crippen molar-refractivity contribution in [2.75, 3.05) is 33.2 Å². The first-order chi connectivity index (χ1) is 12.1. The number of halogens is 4. The molecule has 0 aliphatic carbocycles. The van der Waals surface area contributed by atoms with Crippen LogP contribution in [-0.4, -0.2) is 58.8 Å². The summed E-state index contributed by atoms with van der Waals surface area (Å²) in [4.78, 5) is 13.5. The van der Waals surface area contributed by atoms with Gasteiger partial charge >= 0.3 is 6.36 Å². The fourth-order valence-electron chi connectivity index (χ4n) is 2.69. The third kappa shape index (κ3) is 7.17. The van der Waals surface area contributed by atoms with Crippen LogP contribution in [-0.2, 0) is 14.8 Å². The number of rotatable bonds is 7.